The molecule has 0 bridgehead atoms. The van der Waals surface area contributed by atoms with Gasteiger partial charge in [0.1, 0.15) is 0 Å². The van der Waals surface area contributed by atoms with Gasteiger partial charge in [-0.25, -0.2) is 12.4 Å². The predicted octanol–water partition coefficient (Wildman–Crippen LogP) is 3.29. The number of aryl methyl sites for hydroxylation is 1. The number of nitriles is 1. The van der Waals surface area contributed by atoms with E-state index in [0.717, 1.165) is 11.1 Å². The molecule has 0 saturated carbocycles. The van der Waals surface area contributed by atoms with Crippen LogP contribution in [0, 0.1) is 18.3 Å². The van der Waals surface area contributed by atoms with Gasteiger partial charge in [0.15, 0.2) is 0 Å². The molecule has 26 heavy (non-hydrogen) atoms. The third-order valence-electron chi connectivity index (χ3n) is 4.09. The fourth-order valence-corrected chi connectivity index (χ4v) is 4.18. The quantitative estimate of drug-likeness (QED) is 0.753. The van der Waals surface area contributed by atoms with Gasteiger partial charge in [-0.1, -0.05) is 29.8 Å². The molecule has 0 aliphatic rings. The zero-order chi connectivity index (χ0) is 18.7. The minimum absolute atomic E-state index is 0.229. The van der Waals surface area contributed by atoms with Gasteiger partial charge >= 0.3 is 0 Å². The molecule has 5 nitrogen and oxygen atoms in total. The molecule has 0 spiro atoms. The van der Waals surface area contributed by atoms with E-state index >= 15 is 0 Å². The van der Waals surface area contributed by atoms with E-state index in [9.17, 15) is 8.42 Å². The van der Waals surface area contributed by atoms with Gasteiger partial charge in [0, 0.05) is 18.3 Å². The number of aromatic nitrogens is 1. The Balaban J connectivity index is 2.20. The summed E-state index contributed by atoms with van der Waals surface area (Å²) >= 11 is 0. The molecule has 132 valence electrons. The lowest BCUT2D eigenvalue weighted by Gasteiger charge is -2.11. The first kappa shape index (κ1) is 17.9. The summed E-state index contributed by atoms with van der Waals surface area (Å²) in [6.45, 7) is 2.46. The maximum Gasteiger partial charge on any atom is 0.268 e. The highest BCUT2D eigenvalue weighted by Gasteiger charge is 2.21. The largest absolute Gasteiger partial charge is 0.316 e. The van der Waals surface area contributed by atoms with Gasteiger partial charge < -0.3 is 5.32 Å². The minimum Gasteiger partial charge on any atom is -0.316 e. The van der Waals surface area contributed by atoms with E-state index in [2.05, 4.69) is 11.4 Å². The summed E-state index contributed by atoms with van der Waals surface area (Å²) in [5.74, 6) is 0. The Hall–Kier alpha value is -2.88. The second-order valence-electron chi connectivity index (χ2n) is 6.07. The van der Waals surface area contributed by atoms with E-state index < -0.39 is 10.0 Å². The molecule has 1 aromatic heterocycles. The Kier molecular flexibility index (Phi) is 4.94. The number of hydrogen-bond donors (Lipinski definition) is 1. The number of nitrogens with zero attached hydrogens (tertiary/aromatic N) is 2. The average molecular weight is 365 g/mol. The van der Waals surface area contributed by atoms with E-state index in [1.165, 1.54) is 3.97 Å². The molecular formula is C20H19N3O2S. The normalized spacial score (nSPS) is 11.3. The van der Waals surface area contributed by atoms with E-state index in [0.29, 0.717) is 23.4 Å². The highest BCUT2D eigenvalue weighted by Crippen LogP contribution is 2.28. The zero-order valence-corrected chi connectivity index (χ0v) is 15.4. The SMILES string of the molecule is CNCc1cc(-c2cccc(C#N)c2)n(S(=O)(=O)c2ccc(C)cc2)c1. The first-order chi connectivity index (χ1) is 12.5. The molecule has 1 N–H and O–H groups in total. The number of hydrogen-bond acceptors (Lipinski definition) is 4. The summed E-state index contributed by atoms with van der Waals surface area (Å²) in [7, 11) is -1.94. The molecule has 3 aromatic rings. The molecule has 0 fully saturated rings. The van der Waals surface area contributed by atoms with E-state index in [-0.39, 0.29) is 4.90 Å². The molecule has 1 heterocycles. The highest BCUT2D eigenvalue weighted by molar-refractivity contribution is 7.90. The summed E-state index contributed by atoms with van der Waals surface area (Å²) in [4.78, 5) is 0.229. The molecule has 2 aromatic carbocycles. The van der Waals surface area contributed by atoms with Crippen molar-refractivity contribution in [3.63, 3.8) is 0 Å². The molecule has 0 aliphatic carbocycles. The highest BCUT2D eigenvalue weighted by atomic mass is 32.2. The fourth-order valence-electron chi connectivity index (χ4n) is 2.78. The Morgan fingerprint density at radius 2 is 1.85 bits per heavy atom. The molecule has 0 amide bonds. The summed E-state index contributed by atoms with van der Waals surface area (Å²) < 4.78 is 27.7. The Morgan fingerprint density at radius 1 is 1.12 bits per heavy atom. The Morgan fingerprint density at radius 3 is 2.50 bits per heavy atom. The summed E-state index contributed by atoms with van der Waals surface area (Å²) in [5, 5.41) is 12.2. The molecule has 0 saturated heterocycles. The third-order valence-corrected chi connectivity index (χ3v) is 5.78. The standard InChI is InChI=1S/C20H19N3O2S/c1-15-6-8-19(9-7-15)26(24,25)23-14-17(13-22-2)11-20(23)18-5-3-4-16(10-18)12-21/h3-11,14,22H,13H2,1-2H3. The molecule has 0 unspecified atom stereocenters. The first-order valence-corrected chi connectivity index (χ1v) is 9.58. The van der Waals surface area contributed by atoms with Gasteiger partial charge in [-0.05, 0) is 49.9 Å². The summed E-state index contributed by atoms with van der Waals surface area (Å²) in [6.07, 6.45) is 1.63. The molecule has 0 radical (unpaired) electrons. The summed E-state index contributed by atoms with van der Waals surface area (Å²) in [5.41, 5.74) is 3.54. The molecule has 3 rings (SSSR count). The zero-order valence-electron chi connectivity index (χ0n) is 14.6. The van der Waals surface area contributed by atoms with Crippen LogP contribution in [0.4, 0.5) is 0 Å². The van der Waals surface area contributed by atoms with E-state index in [4.69, 9.17) is 5.26 Å². The predicted molar refractivity (Wildman–Crippen MR) is 101 cm³/mol. The average Bonchev–Trinajstić information content (AvgIpc) is 3.07. The van der Waals surface area contributed by atoms with Crippen LogP contribution in [0.25, 0.3) is 11.3 Å². The van der Waals surface area contributed by atoms with Crippen LogP contribution in [0.2, 0.25) is 0 Å². The van der Waals surface area contributed by atoms with E-state index in [1.54, 1.807) is 54.7 Å². The second-order valence-corrected chi connectivity index (χ2v) is 7.89. The lowest BCUT2D eigenvalue weighted by molar-refractivity contribution is 0.588. The van der Waals surface area contributed by atoms with Crippen LogP contribution in [-0.4, -0.2) is 19.4 Å². The van der Waals surface area contributed by atoms with E-state index in [1.807, 2.05) is 20.0 Å². The smallest absolute Gasteiger partial charge is 0.268 e. The lowest BCUT2D eigenvalue weighted by atomic mass is 10.1. The van der Waals surface area contributed by atoms with Gasteiger partial charge in [0.05, 0.1) is 22.2 Å². The maximum atomic E-state index is 13.2. The minimum atomic E-state index is -3.75. The van der Waals surface area contributed by atoms with Crippen molar-refractivity contribution in [3.8, 4) is 17.3 Å². The van der Waals surface area contributed by atoms with Gasteiger partial charge in [-0.2, -0.15) is 5.26 Å². The number of benzene rings is 2. The Bertz CT molecular complexity index is 1070. The van der Waals surface area contributed by atoms with Gasteiger partial charge in [-0.15, -0.1) is 0 Å². The van der Waals surface area contributed by atoms with Gasteiger partial charge in [0.2, 0.25) is 0 Å². The van der Waals surface area contributed by atoms with Crippen LogP contribution < -0.4 is 5.32 Å². The molecule has 0 aliphatic heterocycles. The van der Waals surface area contributed by atoms with Crippen molar-refractivity contribution in [3.05, 3.63) is 77.5 Å². The van der Waals surface area contributed by atoms with Gasteiger partial charge in [0.25, 0.3) is 10.0 Å². The Labute approximate surface area is 153 Å². The van der Waals surface area contributed by atoms with Crippen molar-refractivity contribution in [1.82, 2.24) is 9.29 Å². The van der Waals surface area contributed by atoms with Crippen LogP contribution in [0.5, 0.6) is 0 Å². The molecule has 0 atom stereocenters. The topological polar surface area (TPSA) is 74.9 Å². The van der Waals surface area contributed by atoms with Crippen LogP contribution in [-0.2, 0) is 16.6 Å². The lowest BCUT2D eigenvalue weighted by Crippen LogP contribution is -2.13. The maximum absolute atomic E-state index is 13.2. The monoisotopic (exact) mass is 365 g/mol. The van der Waals surface area contributed by atoms with Crippen molar-refractivity contribution in [2.75, 3.05) is 7.05 Å². The van der Waals surface area contributed by atoms with Crippen LogP contribution in [0.1, 0.15) is 16.7 Å². The number of rotatable bonds is 5. The number of nitrogens with one attached hydrogen (secondary N) is 1. The summed E-state index contributed by atoms with van der Waals surface area (Å²) in [6, 6.07) is 17.6. The van der Waals surface area contributed by atoms with Crippen LogP contribution in [0.3, 0.4) is 0 Å². The second kappa shape index (κ2) is 7.16. The van der Waals surface area contributed by atoms with Crippen molar-refractivity contribution in [1.29, 1.82) is 5.26 Å². The van der Waals surface area contributed by atoms with Crippen molar-refractivity contribution >= 4 is 10.0 Å². The molecule has 6 heteroatoms. The van der Waals surface area contributed by atoms with Gasteiger partial charge in [-0.3, -0.25) is 0 Å². The first-order valence-electron chi connectivity index (χ1n) is 8.14. The van der Waals surface area contributed by atoms with Crippen molar-refractivity contribution in [2.24, 2.45) is 0 Å². The van der Waals surface area contributed by atoms with Crippen LogP contribution >= 0.6 is 0 Å². The third kappa shape index (κ3) is 3.40. The molecular weight excluding hydrogens is 346 g/mol. The van der Waals surface area contributed by atoms with Crippen LogP contribution in [0.15, 0.2) is 65.7 Å². The fraction of sp³-hybridized carbons (Fsp3) is 0.150. The van der Waals surface area contributed by atoms with Crippen molar-refractivity contribution < 1.29 is 8.42 Å². The van der Waals surface area contributed by atoms with Crippen molar-refractivity contribution in [2.45, 2.75) is 18.4 Å².